The van der Waals surface area contributed by atoms with Gasteiger partial charge in [-0.05, 0) is 6.92 Å². The van der Waals surface area contributed by atoms with Gasteiger partial charge in [-0.25, -0.2) is 4.79 Å². The van der Waals surface area contributed by atoms with Crippen LogP contribution in [-0.4, -0.2) is 34.1 Å². The molecular formula is C12H15N3O2. The Balaban J connectivity index is 2.63. The van der Waals surface area contributed by atoms with Crippen molar-refractivity contribution < 1.29 is 9.53 Å². The highest BCUT2D eigenvalue weighted by molar-refractivity contribution is 5.67. The van der Waals surface area contributed by atoms with Crippen LogP contribution in [0.25, 0.3) is 0 Å². The first-order valence-corrected chi connectivity index (χ1v) is 5.38. The van der Waals surface area contributed by atoms with Crippen LogP contribution in [0.2, 0.25) is 0 Å². The number of carbonyl (C=O) groups excluding carboxylic acids is 1. The van der Waals surface area contributed by atoms with E-state index in [0.717, 1.165) is 0 Å². The lowest BCUT2D eigenvalue weighted by molar-refractivity contribution is 0.105. The van der Waals surface area contributed by atoms with E-state index in [1.807, 2.05) is 0 Å². The van der Waals surface area contributed by atoms with E-state index in [1.54, 1.807) is 25.5 Å². The van der Waals surface area contributed by atoms with Gasteiger partial charge < -0.3 is 9.64 Å². The molecule has 1 aromatic heterocycles. The maximum atomic E-state index is 11.6. The van der Waals surface area contributed by atoms with Gasteiger partial charge in [-0.15, -0.1) is 12.3 Å². The summed E-state index contributed by atoms with van der Waals surface area (Å²) in [7, 11) is 0. The number of aromatic nitrogens is 2. The van der Waals surface area contributed by atoms with Crippen molar-refractivity contribution in [1.82, 2.24) is 14.9 Å². The molecule has 0 saturated heterocycles. The van der Waals surface area contributed by atoms with Gasteiger partial charge in [-0.1, -0.05) is 0 Å². The molecule has 5 nitrogen and oxygen atoms in total. The lowest BCUT2D eigenvalue weighted by Gasteiger charge is -2.20. The van der Waals surface area contributed by atoms with Crippen molar-refractivity contribution in [3.05, 3.63) is 24.3 Å². The van der Waals surface area contributed by atoms with Gasteiger partial charge in [0.2, 0.25) is 0 Å². The van der Waals surface area contributed by atoms with Gasteiger partial charge in [0.15, 0.2) is 0 Å². The topological polar surface area (TPSA) is 55.3 Å². The van der Waals surface area contributed by atoms with E-state index in [0.29, 0.717) is 31.8 Å². The van der Waals surface area contributed by atoms with Crippen LogP contribution in [-0.2, 0) is 11.3 Å². The molecule has 0 N–H and O–H groups in total. The van der Waals surface area contributed by atoms with Gasteiger partial charge in [-0.3, -0.25) is 9.97 Å². The fourth-order valence-electron chi connectivity index (χ4n) is 1.26. The smallest absolute Gasteiger partial charge is 0.410 e. The quantitative estimate of drug-likeness (QED) is 0.722. The Morgan fingerprint density at radius 3 is 3.00 bits per heavy atom. The van der Waals surface area contributed by atoms with Gasteiger partial charge in [-0.2, -0.15) is 0 Å². The van der Waals surface area contributed by atoms with E-state index in [9.17, 15) is 4.79 Å². The Labute approximate surface area is 101 Å². The minimum atomic E-state index is -0.381. The van der Waals surface area contributed by atoms with Crippen molar-refractivity contribution in [2.45, 2.75) is 19.9 Å². The maximum absolute atomic E-state index is 11.6. The normalized spacial score (nSPS) is 9.41. The Morgan fingerprint density at radius 1 is 1.59 bits per heavy atom. The second-order valence-electron chi connectivity index (χ2n) is 3.27. The fourth-order valence-corrected chi connectivity index (χ4v) is 1.26. The number of carbonyl (C=O) groups is 1. The summed E-state index contributed by atoms with van der Waals surface area (Å²) in [5, 5.41) is 0. The van der Waals surface area contributed by atoms with Crippen LogP contribution >= 0.6 is 0 Å². The summed E-state index contributed by atoms with van der Waals surface area (Å²) in [5.41, 5.74) is 0.706. The molecule has 0 aliphatic rings. The molecule has 1 aromatic rings. The van der Waals surface area contributed by atoms with Gasteiger partial charge in [0.25, 0.3) is 0 Å². The van der Waals surface area contributed by atoms with Gasteiger partial charge in [0.1, 0.15) is 0 Å². The third-order valence-corrected chi connectivity index (χ3v) is 2.02. The molecule has 1 heterocycles. The monoisotopic (exact) mass is 233 g/mol. The standard InChI is InChI=1S/C12H15N3O2/c1-3-5-8-15(12(16)17-4-2)10-11-9-13-6-7-14-11/h1,6-7,9H,4-5,8,10H2,2H3. The second kappa shape index (κ2) is 7.23. The third-order valence-electron chi connectivity index (χ3n) is 2.02. The molecule has 0 radical (unpaired) electrons. The molecular weight excluding hydrogens is 218 g/mol. The summed E-state index contributed by atoms with van der Waals surface area (Å²) in [4.78, 5) is 21.2. The fraction of sp³-hybridized carbons (Fsp3) is 0.417. The summed E-state index contributed by atoms with van der Waals surface area (Å²) >= 11 is 0. The molecule has 0 atom stereocenters. The number of amides is 1. The molecule has 0 unspecified atom stereocenters. The lowest BCUT2D eigenvalue weighted by Crippen LogP contribution is -2.32. The van der Waals surface area contributed by atoms with E-state index in [-0.39, 0.29) is 6.09 Å². The molecule has 0 aliphatic heterocycles. The minimum Gasteiger partial charge on any atom is -0.450 e. The van der Waals surface area contributed by atoms with Crippen molar-refractivity contribution in [3.8, 4) is 12.3 Å². The van der Waals surface area contributed by atoms with Crippen molar-refractivity contribution in [2.75, 3.05) is 13.2 Å². The summed E-state index contributed by atoms with van der Waals surface area (Å²) in [6, 6.07) is 0. The zero-order valence-electron chi connectivity index (χ0n) is 9.80. The molecule has 0 bridgehead atoms. The summed E-state index contributed by atoms with van der Waals surface area (Å²) in [6.07, 6.45) is 10.1. The Hall–Kier alpha value is -2.09. The summed E-state index contributed by atoms with van der Waals surface area (Å²) in [5.74, 6) is 2.50. The summed E-state index contributed by atoms with van der Waals surface area (Å²) < 4.78 is 4.94. The van der Waals surface area contributed by atoms with Crippen LogP contribution in [0.4, 0.5) is 4.79 Å². The Bertz CT molecular complexity index is 386. The van der Waals surface area contributed by atoms with Crippen LogP contribution in [0.3, 0.4) is 0 Å². The zero-order valence-corrected chi connectivity index (χ0v) is 9.80. The van der Waals surface area contributed by atoms with E-state index in [4.69, 9.17) is 11.2 Å². The number of terminal acetylenes is 1. The highest BCUT2D eigenvalue weighted by Crippen LogP contribution is 2.03. The van der Waals surface area contributed by atoms with Crippen molar-refractivity contribution in [2.24, 2.45) is 0 Å². The first-order chi connectivity index (χ1) is 8.27. The molecule has 0 spiro atoms. The van der Waals surface area contributed by atoms with Crippen LogP contribution < -0.4 is 0 Å². The number of nitrogens with zero attached hydrogens (tertiary/aromatic N) is 3. The molecule has 5 heteroatoms. The Morgan fingerprint density at radius 2 is 2.41 bits per heavy atom. The maximum Gasteiger partial charge on any atom is 0.410 e. The van der Waals surface area contributed by atoms with E-state index >= 15 is 0 Å². The molecule has 0 saturated carbocycles. The van der Waals surface area contributed by atoms with Gasteiger partial charge >= 0.3 is 6.09 Å². The minimum absolute atomic E-state index is 0.339. The zero-order chi connectivity index (χ0) is 12.5. The average molecular weight is 233 g/mol. The second-order valence-corrected chi connectivity index (χ2v) is 3.27. The molecule has 90 valence electrons. The van der Waals surface area contributed by atoms with E-state index in [1.165, 1.54) is 4.90 Å². The summed E-state index contributed by atoms with van der Waals surface area (Å²) in [6.45, 7) is 2.91. The molecule has 1 amide bonds. The van der Waals surface area contributed by atoms with Gasteiger partial charge in [0.05, 0.1) is 25.0 Å². The predicted molar refractivity (Wildman–Crippen MR) is 62.9 cm³/mol. The largest absolute Gasteiger partial charge is 0.450 e. The lowest BCUT2D eigenvalue weighted by atomic mass is 10.3. The number of hydrogen-bond donors (Lipinski definition) is 0. The SMILES string of the molecule is C#CCCN(Cc1cnccn1)C(=O)OCC. The Kier molecular flexibility index (Phi) is 5.52. The van der Waals surface area contributed by atoms with Crippen molar-refractivity contribution in [1.29, 1.82) is 0 Å². The first-order valence-electron chi connectivity index (χ1n) is 5.38. The molecule has 0 aromatic carbocycles. The third kappa shape index (κ3) is 4.51. The van der Waals surface area contributed by atoms with Crippen LogP contribution in [0, 0.1) is 12.3 Å². The van der Waals surface area contributed by atoms with Crippen LogP contribution in [0.1, 0.15) is 19.0 Å². The molecule has 17 heavy (non-hydrogen) atoms. The van der Waals surface area contributed by atoms with Crippen LogP contribution in [0.5, 0.6) is 0 Å². The average Bonchev–Trinajstić information content (AvgIpc) is 2.36. The highest BCUT2D eigenvalue weighted by Gasteiger charge is 2.14. The number of ether oxygens (including phenoxy) is 1. The number of rotatable bonds is 5. The molecule has 1 rings (SSSR count). The molecule has 0 fully saturated rings. The molecule has 0 aliphatic carbocycles. The predicted octanol–water partition coefficient (Wildman–Crippen LogP) is 1.46. The van der Waals surface area contributed by atoms with E-state index < -0.39 is 0 Å². The van der Waals surface area contributed by atoms with Crippen LogP contribution in [0.15, 0.2) is 18.6 Å². The number of hydrogen-bond acceptors (Lipinski definition) is 4. The van der Waals surface area contributed by atoms with Gasteiger partial charge in [0, 0.05) is 25.4 Å². The van der Waals surface area contributed by atoms with Crippen molar-refractivity contribution >= 4 is 6.09 Å². The highest BCUT2D eigenvalue weighted by atomic mass is 16.6. The first kappa shape index (κ1) is 13.0. The van der Waals surface area contributed by atoms with Crippen molar-refractivity contribution in [3.63, 3.8) is 0 Å². The van der Waals surface area contributed by atoms with E-state index in [2.05, 4.69) is 15.9 Å².